The molecule has 0 atom stereocenters. The van der Waals surface area contributed by atoms with Gasteiger partial charge in [0, 0.05) is 62.0 Å². The number of nitrogens with zero attached hydrogens (tertiary/aromatic N) is 3. The van der Waals surface area contributed by atoms with Gasteiger partial charge in [-0.15, -0.1) is 0 Å². The van der Waals surface area contributed by atoms with E-state index in [4.69, 9.17) is 0 Å². The van der Waals surface area contributed by atoms with Crippen molar-refractivity contribution in [2.24, 2.45) is 0 Å². The zero-order valence-corrected chi connectivity index (χ0v) is 46.4. The molecule has 1 heterocycles. The molecule has 11 aromatic carbocycles. The summed E-state index contributed by atoms with van der Waals surface area (Å²) in [5.41, 5.74) is 28.2. The zero-order valence-electron chi connectivity index (χ0n) is 46.4. The first-order valence-electron chi connectivity index (χ1n) is 28.5. The van der Waals surface area contributed by atoms with Crippen LogP contribution in [0.15, 0.2) is 261 Å². The van der Waals surface area contributed by atoms with Crippen LogP contribution in [0.3, 0.4) is 0 Å². The van der Waals surface area contributed by atoms with E-state index in [1.807, 2.05) is 0 Å². The van der Waals surface area contributed by atoms with Crippen LogP contribution in [0.1, 0.15) is 83.3 Å². The lowest BCUT2D eigenvalue weighted by Crippen LogP contribution is -2.16. The van der Waals surface area contributed by atoms with E-state index in [-0.39, 0.29) is 10.8 Å². The van der Waals surface area contributed by atoms with Gasteiger partial charge in [-0.3, -0.25) is 0 Å². The van der Waals surface area contributed by atoms with Crippen LogP contribution in [0.5, 0.6) is 0 Å². The standard InChI is InChI=1S/C78H63N3/c1-77(2)71-48-54(36-44-67(71)69-46-42-65(52-73(69)77)79(60-20-10-5-11-21-60)61-22-12-6-13-23-61)30-32-56-34-38-58-40-41-59-39-35-57(51-76(59)81(75(58)50-56)64-28-18-9-19-29-64)33-31-55-37-45-68-70-47-43-66(53-74(70)78(3,4)72(68)49-55)80(62-24-14-7-15-25-62)63-26-16-8-17-27-63/h5-39,42-53H,40-41H2,1-4H3. The highest BCUT2D eigenvalue weighted by Gasteiger charge is 2.38. The van der Waals surface area contributed by atoms with E-state index >= 15 is 0 Å². The van der Waals surface area contributed by atoms with Crippen LogP contribution >= 0.6 is 0 Å². The largest absolute Gasteiger partial charge is 0.310 e. The molecule has 0 aromatic heterocycles. The Hall–Kier alpha value is -9.70. The molecular formula is C78H63N3. The second kappa shape index (κ2) is 20.2. The Morgan fingerprint density at radius 3 is 0.951 bits per heavy atom. The van der Waals surface area contributed by atoms with Crippen molar-refractivity contribution in [2.75, 3.05) is 14.7 Å². The molecule has 14 rings (SSSR count). The van der Waals surface area contributed by atoms with Crippen molar-refractivity contribution in [3.05, 3.63) is 316 Å². The fourth-order valence-electron chi connectivity index (χ4n) is 13.0. The van der Waals surface area contributed by atoms with Crippen molar-refractivity contribution in [3.63, 3.8) is 0 Å². The van der Waals surface area contributed by atoms with E-state index < -0.39 is 0 Å². The average molecular weight is 1040 g/mol. The van der Waals surface area contributed by atoms with Gasteiger partial charge in [0.25, 0.3) is 0 Å². The van der Waals surface area contributed by atoms with E-state index in [0.717, 1.165) is 52.7 Å². The maximum absolute atomic E-state index is 2.49. The number of hydrogen-bond acceptors (Lipinski definition) is 3. The summed E-state index contributed by atoms with van der Waals surface area (Å²) < 4.78 is 0. The molecule has 0 amide bonds. The van der Waals surface area contributed by atoms with Gasteiger partial charge in [-0.25, -0.2) is 0 Å². The lowest BCUT2D eigenvalue weighted by molar-refractivity contribution is 0.660. The van der Waals surface area contributed by atoms with Crippen LogP contribution in [0.25, 0.3) is 46.6 Å². The van der Waals surface area contributed by atoms with Crippen LogP contribution in [-0.2, 0) is 23.7 Å². The summed E-state index contributed by atoms with van der Waals surface area (Å²) in [6.07, 6.45) is 11.1. The number of fused-ring (bicyclic) bond motifs is 8. The first-order valence-corrected chi connectivity index (χ1v) is 28.5. The molecule has 3 nitrogen and oxygen atoms in total. The molecule has 11 aromatic rings. The van der Waals surface area contributed by atoms with Gasteiger partial charge in [-0.1, -0.05) is 216 Å². The van der Waals surface area contributed by atoms with E-state index in [1.165, 1.54) is 89.3 Å². The van der Waals surface area contributed by atoms with Crippen LogP contribution < -0.4 is 14.7 Å². The number of rotatable bonds is 11. The summed E-state index contributed by atoms with van der Waals surface area (Å²) in [5, 5.41) is 0. The Kier molecular flexibility index (Phi) is 12.4. The van der Waals surface area contributed by atoms with Gasteiger partial charge in [-0.05, 0) is 188 Å². The number of anilines is 9. The normalized spacial score (nSPS) is 14.1. The Balaban J connectivity index is 0.743. The van der Waals surface area contributed by atoms with Crippen molar-refractivity contribution in [1.82, 2.24) is 0 Å². The molecule has 0 radical (unpaired) electrons. The van der Waals surface area contributed by atoms with Crippen LogP contribution in [-0.4, -0.2) is 0 Å². The van der Waals surface area contributed by atoms with E-state index in [1.54, 1.807) is 0 Å². The van der Waals surface area contributed by atoms with Crippen LogP contribution in [0, 0.1) is 0 Å². The Morgan fingerprint density at radius 1 is 0.296 bits per heavy atom. The van der Waals surface area contributed by atoms with Gasteiger partial charge in [0.05, 0.1) is 0 Å². The van der Waals surface area contributed by atoms with E-state index in [9.17, 15) is 0 Å². The number of benzene rings is 11. The minimum Gasteiger partial charge on any atom is -0.310 e. The first kappa shape index (κ1) is 49.6. The zero-order chi connectivity index (χ0) is 54.7. The Bertz CT molecular complexity index is 3880. The van der Waals surface area contributed by atoms with Crippen LogP contribution in [0.4, 0.5) is 51.2 Å². The van der Waals surface area contributed by atoms with Gasteiger partial charge >= 0.3 is 0 Å². The molecular weight excluding hydrogens is 979 g/mol. The highest BCUT2D eigenvalue weighted by Crippen LogP contribution is 2.53. The topological polar surface area (TPSA) is 9.72 Å². The summed E-state index contributed by atoms with van der Waals surface area (Å²) in [6.45, 7) is 9.51. The minimum atomic E-state index is -0.184. The molecule has 3 aliphatic rings. The van der Waals surface area contributed by atoms with Crippen molar-refractivity contribution < 1.29 is 0 Å². The fraction of sp³-hybridized carbons (Fsp3) is 0.103. The van der Waals surface area contributed by atoms with Gasteiger partial charge in [0.2, 0.25) is 0 Å². The molecule has 390 valence electrons. The van der Waals surface area contributed by atoms with Crippen molar-refractivity contribution >= 4 is 75.5 Å². The molecule has 2 aliphatic carbocycles. The number of hydrogen-bond donors (Lipinski definition) is 0. The summed E-state index contributed by atoms with van der Waals surface area (Å²) in [5.74, 6) is 0. The van der Waals surface area contributed by atoms with E-state index in [0.29, 0.717) is 0 Å². The summed E-state index contributed by atoms with van der Waals surface area (Å²) >= 11 is 0. The van der Waals surface area contributed by atoms with Gasteiger partial charge in [-0.2, -0.15) is 0 Å². The predicted octanol–water partition coefficient (Wildman–Crippen LogP) is 21.1. The average Bonchev–Trinajstić information content (AvgIpc) is 3.76. The summed E-state index contributed by atoms with van der Waals surface area (Å²) in [7, 11) is 0. The lowest BCUT2D eigenvalue weighted by Gasteiger charge is -2.28. The van der Waals surface area contributed by atoms with Gasteiger partial charge in [0.1, 0.15) is 0 Å². The quantitative estimate of drug-likeness (QED) is 0.120. The predicted molar refractivity (Wildman–Crippen MR) is 344 cm³/mol. The van der Waals surface area contributed by atoms with E-state index in [2.05, 4.69) is 328 Å². The molecule has 0 unspecified atom stereocenters. The van der Waals surface area contributed by atoms with Gasteiger partial charge < -0.3 is 14.7 Å². The fourth-order valence-corrected chi connectivity index (χ4v) is 13.0. The smallest absolute Gasteiger partial charge is 0.0499 e. The third-order valence-electron chi connectivity index (χ3n) is 17.3. The second-order valence-electron chi connectivity index (χ2n) is 22.9. The summed E-state index contributed by atoms with van der Waals surface area (Å²) in [6, 6.07) is 95.8. The second-order valence-corrected chi connectivity index (χ2v) is 22.9. The molecule has 0 N–H and O–H groups in total. The highest BCUT2D eigenvalue weighted by molar-refractivity contribution is 5.90. The molecule has 0 saturated heterocycles. The molecule has 3 heteroatoms. The molecule has 81 heavy (non-hydrogen) atoms. The molecule has 0 bridgehead atoms. The molecule has 0 saturated carbocycles. The maximum atomic E-state index is 2.49. The van der Waals surface area contributed by atoms with Crippen molar-refractivity contribution in [2.45, 2.75) is 51.4 Å². The monoisotopic (exact) mass is 1040 g/mol. The third-order valence-corrected chi connectivity index (χ3v) is 17.3. The third kappa shape index (κ3) is 8.96. The molecule has 0 fully saturated rings. The highest BCUT2D eigenvalue weighted by atomic mass is 15.2. The number of aryl methyl sites for hydroxylation is 2. The SMILES string of the molecule is CC1(C)c2cc(C=Cc3ccc4c(c3)N(c3ccccc3)c3cc(C=Cc5ccc6c(c5)C(C)(C)c5cc(N(c7ccccc7)c7ccccc7)ccc5-6)ccc3CC4)ccc2-c2ccc(N(c3ccccc3)c3ccccc3)cc21. The Labute approximate surface area is 477 Å². The van der Waals surface area contributed by atoms with Crippen LogP contribution in [0.2, 0.25) is 0 Å². The number of para-hydroxylation sites is 5. The van der Waals surface area contributed by atoms with Crippen molar-refractivity contribution in [3.8, 4) is 22.3 Å². The first-order chi connectivity index (χ1) is 39.7. The Morgan fingerprint density at radius 2 is 0.593 bits per heavy atom. The van der Waals surface area contributed by atoms with Crippen molar-refractivity contribution in [1.29, 1.82) is 0 Å². The molecule has 0 spiro atoms. The lowest BCUT2D eigenvalue weighted by atomic mass is 9.81. The minimum absolute atomic E-state index is 0.184. The summed E-state index contributed by atoms with van der Waals surface area (Å²) in [4.78, 5) is 7.21. The molecule has 1 aliphatic heterocycles. The van der Waals surface area contributed by atoms with Gasteiger partial charge in [0.15, 0.2) is 0 Å². The maximum Gasteiger partial charge on any atom is 0.0499 e.